The maximum Gasteiger partial charge on any atom is 0.229 e. The van der Waals surface area contributed by atoms with Gasteiger partial charge in [-0.1, -0.05) is 18.5 Å². The SMILES string of the molecule is COCn1cc(NC(=O)C(C)Cn2nc(C)c(Cl)c2C)cn1. The number of carbonyl (C=O) groups excluding carboxylic acids is 1. The Labute approximate surface area is 134 Å². The summed E-state index contributed by atoms with van der Waals surface area (Å²) in [6.45, 7) is 6.40. The van der Waals surface area contributed by atoms with Gasteiger partial charge in [-0.15, -0.1) is 0 Å². The van der Waals surface area contributed by atoms with Crippen molar-refractivity contribution in [1.82, 2.24) is 19.6 Å². The number of aromatic nitrogens is 4. The molecule has 8 heteroatoms. The number of aryl methyl sites for hydroxylation is 1. The second-order valence-corrected chi connectivity index (χ2v) is 5.62. The average molecular weight is 326 g/mol. The van der Waals surface area contributed by atoms with Crippen LogP contribution in [-0.2, 0) is 22.8 Å². The summed E-state index contributed by atoms with van der Waals surface area (Å²) in [6.07, 6.45) is 3.30. The van der Waals surface area contributed by atoms with Gasteiger partial charge >= 0.3 is 0 Å². The summed E-state index contributed by atoms with van der Waals surface area (Å²) in [4.78, 5) is 12.2. The number of amides is 1. The van der Waals surface area contributed by atoms with Gasteiger partial charge in [-0.05, 0) is 13.8 Å². The second-order valence-electron chi connectivity index (χ2n) is 5.24. The fourth-order valence-electron chi connectivity index (χ4n) is 2.09. The van der Waals surface area contributed by atoms with E-state index < -0.39 is 0 Å². The maximum absolute atomic E-state index is 12.2. The first-order chi connectivity index (χ1) is 10.4. The minimum absolute atomic E-state index is 0.0966. The Kier molecular flexibility index (Phi) is 5.20. The molecule has 0 aliphatic carbocycles. The molecule has 0 aliphatic heterocycles. The Morgan fingerprint density at radius 3 is 2.82 bits per heavy atom. The molecule has 1 atom stereocenters. The summed E-state index contributed by atoms with van der Waals surface area (Å²) < 4.78 is 8.32. The van der Waals surface area contributed by atoms with Crippen molar-refractivity contribution < 1.29 is 9.53 Å². The van der Waals surface area contributed by atoms with E-state index in [-0.39, 0.29) is 11.8 Å². The van der Waals surface area contributed by atoms with Crippen molar-refractivity contribution in [2.75, 3.05) is 12.4 Å². The molecule has 0 saturated heterocycles. The van der Waals surface area contributed by atoms with E-state index in [9.17, 15) is 4.79 Å². The number of halogens is 1. The van der Waals surface area contributed by atoms with Gasteiger partial charge in [0.1, 0.15) is 6.73 Å². The number of nitrogens with one attached hydrogen (secondary N) is 1. The van der Waals surface area contributed by atoms with Gasteiger partial charge in [0.25, 0.3) is 0 Å². The molecule has 2 heterocycles. The Hall–Kier alpha value is -1.86. The van der Waals surface area contributed by atoms with Gasteiger partial charge in [-0.25, -0.2) is 4.68 Å². The van der Waals surface area contributed by atoms with Crippen molar-refractivity contribution in [3.63, 3.8) is 0 Å². The highest BCUT2D eigenvalue weighted by atomic mass is 35.5. The zero-order valence-electron chi connectivity index (χ0n) is 13.1. The first-order valence-electron chi connectivity index (χ1n) is 6.94. The van der Waals surface area contributed by atoms with Crippen molar-refractivity contribution in [3.8, 4) is 0 Å². The number of rotatable bonds is 6. The van der Waals surface area contributed by atoms with Crippen LogP contribution in [0.25, 0.3) is 0 Å². The van der Waals surface area contributed by atoms with E-state index in [1.165, 1.54) is 0 Å². The molecule has 22 heavy (non-hydrogen) atoms. The molecule has 120 valence electrons. The summed E-state index contributed by atoms with van der Waals surface area (Å²) >= 11 is 6.12. The molecule has 0 aliphatic rings. The van der Waals surface area contributed by atoms with Crippen molar-refractivity contribution in [2.45, 2.75) is 34.0 Å². The summed E-state index contributed by atoms with van der Waals surface area (Å²) in [5, 5.41) is 11.9. The van der Waals surface area contributed by atoms with Crippen LogP contribution >= 0.6 is 11.6 Å². The molecule has 1 amide bonds. The fourth-order valence-corrected chi connectivity index (χ4v) is 2.23. The molecule has 0 bridgehead atoms. The summed E-state index contributed by atoms with van der Waals surface area (Å²) in [7, 11) is 1.58. The van der Waals surface area contributed by atoms with Gasteiger partial charge in [-0.3, -0.25) is 9.48 Å². The second kappa shape index (κ2) is 6.93. The van der Waals surface area contributed by atoms with Gasteiger partial charge in [0, 0.05) is 7.11 Å². The van der Waals surface area contributed by atoms with Crippen LogP contribution in [0.1, 0.15) is 18.3 Å². The fraction of sp³-hybridized carbons (Fsp3) is 0.500. The standard InChI is InChI=1S/C14H20ClN5O2/c1-9(6-20-11(3)13(15)10(2)18-20)14(21)17-12-5-16-19(7-12)8-22-4/h5,7,9H,6,8H2,1-4H3,(H,17,21). The van der Waals surface area contributed by atoms with Crippen LogP contribution in [-0.4, -0.2) is 32.6 Å². The predicted molar refractivity (Wildman–Crippen MR) is 83.7 cm³/mol. The number of hydrogen-bond donors (Lipinski definition) is 1. The molecule has 7 nitrogen and oxygen atoms in total. The van der Waals surface area contributed by atoms with Crippen LogP contribution in [0.5, 0.6) is 0 Å². The van der Waals surface area contributed by atoms with Gasteiger partial charge in [-0.2, -0.15) is 10.2 Å². The lowest BCUT2D eigenvalue weighted by molar-refractivity contribution is -0.119. The van der Waals surface area contributed by atoms with E-state index in [4.69, 9.17) is 16.3 Å². The third kappa shape index (κ3) is 3.66. The largest absolute Gasteiger partial charge is 0.362 e. The minimum atomic E-state index is -0.250. The van der Waals surface area contributed by atoms with Crippen LogP contribution in [0, 0.1) is 19.8 Å². The molecule has 0 aromatic carbocycles. The van der Waals surface area contributed by atoms with E-state index in [0.29, 0.717) is 24.0 Å². The number of carbonyl (C=O) groups is 1. The van der Waals surface area contributed by atoms with E-state index in [2.05, 4.69) is 15.5 Å². The lowest BCUT2D eigenvalue weighted by Gasteiger charge is -2.12. The number of methoxy groups -OCH3 is 1. The third-order valence-electron chi connectivity index (χ3n) is 3.35. The zero-order chi connectivity index (χ0) is 16.3. The molecule has 1 N–H and O–H groups in total. The lowest BCUT2D eigenvalue weighted by Crippen LogP contribution is -2.25. The van der Waals surface area contributed by atoms with Crippen LogP contribution in [0.15, 0.2) is 12.4 Å². The highest BCUT2D eigenvalue weighted by Gasteiger charge is 2.18. The molecule has 0 saturated carbocycles. The quantitative estimate of drug-likeness (QED) is 0.883. The number of ether oxygens (including phenoxy) is 1. The van der Waals surface area contributed by atoms with E-state index in [1.807, 2.05) is 20.8 Å². The van der Waals surface area contributed by atoms with Gasteiger partial charge in [0.15, 0.2) is 0 Å². The van der Waals surface area contributed by atoms with E-state index >= 15 is 0 Å². The smallest absolute Gasteiger partial charge is 0.229 e. The highest BCUT2D eigenvalue weighted by molar-refractivity contribution is 6.31. The maximum atomic E-state index is 12.2. The van der Waals surface area contributed by atoms with Crippen LogP contribution in [0.2, 0.25) is 5.02 Å². The normalized spacial score (nSPS) is 12.4. The van der Waals surface area contributed by atoms with Crippen LogP contribution in [0.4, 0.5) is 5.69 Å². The molecule has 1 unspecified atom stereocenters. The molecular weight excluding hydrogens is 306 g/mol. The topological polar surface area (TPSA) is 74.0 Å². The van der Waals surface area contributed by atoms with Crippen molar-refractivity contribution in [1.29, 1.82) is 0 Å². The van der Waals surface area contributed by atoms with E-state index in [1.54, 1.807) is 28.9 Å². The van der Waals surface area contributed by atoms with Crippen LogP contribution < -0.4 is 5.32 Å². The number of nitrogens with zero attached hydrogens (tertiary/aromatic N) is 4. The Morgan fingerprint density at radius 1 is 1.50 bits per heavy atom. The van der Waals surface area contributed by atoms with Gasteiger partial charge in [0.05, 0.1) is 47.0 Å². The van der Waals surface area contributed by atoms with Crippen molar-refractivity contribution in [3.05, 3.63) is 28.8 Å². The van der Waals surface area contributed by atoms with E-state index in [0.717, 1.165) is 11.4 Å². The lowest BCUT2D eigenvalue weighted by atomic mass is 10.1. The average Bonchev–Trinajstić information content (AvgIpc) is 3.00. The minimum Gasteiger partial charge on any atom is -0.362 e. The van der Waals surface area contributed by atoms with Crippen molar-refractivity contribution in [2.24, 2.45) is 5.92 Å². The molecular formula is C14H20ClN5O2. The first-order valence-corrected chi connectivity index (χ1v) is 7.32. The molecule has 2 rings (SSSR count). The predicted octanol–water partition coefficient (Wildman–Crippen LogP) is 2.23. The molecule has 0 radical (unpaired) electrons. The Balaban J connectivity index is 1.97. The summed E-state index contributed by atoms with van der Waals surface area (Å²) in [5.74, 6) is -0.347. The summed E-state index contributed by atoms with van der Waals surface area (Å²) in [5.41, 5.74) is 2.28. The van der Waals surface area contributed by atoms with Gasteiger partial charge in [0.2, 0.25) is 5.91 Å². The zero-order valence-corrected chi connectivity index (χ0v) is 13.9. The summed E-state index contributed by atoms with van der Waals surface area (Å²) in [6, 6.07) is 0. The molecule has 0 spiro atoms. The van der Waals surface area contributed by atoms with Gasteiger partial charge < -0.3 is 10.1 Å². The first kappa shape index (κ1) is 16.5. The number of hydrogen-bond acceptors (Lipinski definition) is 4. The highest BCUT2D eigenvalue weighted by Crippen LogP contribution is 2.20. The third-order valence-corrected chi connectivity index (χ3v) is 3.90. The Morgan fingerprint density at radius 2 is 2.23 bits per heavy atom. The molecule has 2 aromatic heterocycles. The van der Waals surface area contributed by atoms with Crippen molar-refractivity contribution >= 4 is 23.2 Å². The molecule has 0 fully saturated rings. The Bertz CT molecular complexity index is 664. The monoisotopic (exact) mass is 325 g/mol. The van der Waals surface area contributed by atoms with Crippen LogP contribution in [0.3, 0.4) is 0 Å². The molecule has 2 aromatic rings. The number of anilines is 1.